The largest absolute Gasteiger partial charge is 0.390 e. The zero-order valence-electron chi connectivity index (χ0n) is 21.5. The number of ether oxygens (including phenoxy) is 2. The predicted octanol–water partition coefficient (Wildman–Crippen LogP) is 3.93. The fraction of sp³-hybridized carbons (Fsp3) is 0.778. The minimum atomic E-state index is -2.20. The SMILES string of the molecule is CCC[C@@H]1O[C@@H]2C[C@H]3[C@@H]4C[C@H](F)C5=CC(=O)C=C[C@]5(C)[C@@]4(F)[C@@H](O)C[C@]3(C)[C@]2(C(=O)CNCCSS)O1. The molecule has 5 rings (SSSR count). The number of halogens is 2. The number of rotatable bonds is 8. The van der Waals surface area contributed by atoms with Crippen LogP contribution < -0.4 is 5.32 Å². The predicted molar refractivity (Wildman–Crippen MR) is 141 cm³/mol. The van der Waals surface area contributed by atoms with Gasteiger partial charge in [0, 0.05) is 29.0 Å². The Balaban J connectivity index is 1.55. The molecule has 3 saturated carbocycles. The lowest BCUT2D eigenvalue weighted by atomic mass is 9.44. The van der Waals surface area contributed by atoms with Gasteiger partial charge in [0.1, 0.15) is 6.17 Å². The van der Waals surface area contributed by atoms with Crippen molar-refractivity contribution in [1.29, 1.82) is 0 Å². The molecule has 4 aliphatic carbocycles. The zero-order valence-corrected chi connectivity index (χ0v) is 23.3. The smallest absolute Gasteiger partial charge is 0.181 e. The van der Waals surface area contributed by atoms with E-state index in [9.17, 15) is 14.7 Å². The lowest BCUT2D eigenvalue weighted by molar-refractivity contribution is -0.233. The highest BCUT2D eigenvalue weighted by Crippen LogP contribution is 2.72. The minimum Gasteiger partial charge on any atom is -0.390 e. The third-order valence-corrected chi connectivity index (χ3v) is 11.0. The van der Waals surface area contributed by atoms with Crippen LogP contribution >= 0.6 is 22.5 Å². The molecule has 2 N–H and O–H groups in total. The molecule has 10 atom stereocenters. The lowest BCUT2D eigenvalue weighted by Gasteiger charge is -2.63. The van der Waals surface area contributed by atoms with Crippen molar-refractivity contribution in [3.63, 3.8) is 0 Å². The van der Waals surface area contributed by atoms with E-state index in [4.69, 9.17) is 9.47 Å². The standard InChI is InChI=1S/C27H37F2NO5S2/c1-4-5-23-34-22-12-16-17-11-19(28)18-10-15(31)6-7-24(18,2)26(17,29)20(32)13-25(16,3)27(22,35-23)21(33)14-30-8-9-37-36/h6-7,10,16-17,19-20,22-23,30,32,36H,4-5,8-9,11-14H2,1-3H3/t16-,17-,19-,20-,22+,23+,24-,25-,26-,27+/m0/s1. The monoisotopic (exact) mass is 557 g/mol. The molecule has 4 fully saturated rings. The molecule has 6 nitrogen and oxygen atoms in total. The first-order valence-electron chi connectivity index (χ1n) is 13.3. The Morgan fingerprint density at radius 1 is 1.32 bits per heavy atom. The van der Waals surface area contributed by atoms with Gasteiger partial charge in [-0.3, -0.25) is 9.59 Å². The molecule has 37 heavy (non-hydrogen) atoms. The van der Waals surface area contributed by atoms with Gasteiger partial charge in [0.2, 0.25) is 0 Å². The van der Waals surface area contributed by atoms with Crippen LogP contribution in [0.15, 0.2) is 23.8 Å². The molecule has 0 spiro atoms. The maximum Gasteiger partial charge on any atom is 0.181 e. The molecule has 1 aliphatic heterocycles. The van der Waals surface area contributed by atoms with Crippen molar-refractivity contribution in [2.45, 2.75) is 88.8 Å². The molecular weight excluding hydrogens is 520 g/mol. The van der Waals surface area contributed by atoms with Gasteiger partial charge >= 0.3 is 0 Å². The fourth-order valence-corrected chi connectivity index (χ4v) is 8.85. The molecule has 0 radical (unpaired) electrons. The van der Waals surface area contributed by atoms with Crippen molar-refractivity contribution >= 4 is 34.0 Å². The van der Waals surface area contributed by atoms with Crippen molar-refractivity contribution in [2.75, 3.05) is 18.8 Å². The Bertz CT molecular complexity index is 1030. The number of fused-ring (bicyclic) bond motifs is 7. The average Bonchev–Trinajstić information content (AvgIpc) is 3.33. The molecule has 206 valence electrons. The Hall–Kier alpha value is -0.780. The highest BCUT2D eigenvalue weighted by atomic mass is 33.1. The van der Waals surface area contributed by atoms with Crippen molar-refractivity contribution in [2.24, 2.45) is 22.7 Å². The van der Waals surface area contributed by atoms with E-state index in [1.165, 1.54) is 29.0 Å². The highest BCUT2D eigenvalue weighted by Gasteiger charge is 2.79. The second-order valence-electron chi connectivity index (χ2n) is 11.7. The number of ketones is 2. The third kappa shape index (κ3) is 3.72. The summed E-state index contributed by atoms with van der Waals surface area (Å²) in [6.45, 7) is 6.12. The summed E-state index contributed by atoms with van der Waals surface area (Å²) in [5, 5.41) is 14.7. The van der Waals surface area contributed by atoms with E-state index in [0.29, 0.717) is 19.4 Å². The van der Waals surface area contributed by atoms with E-state index in [2.05, 4.69) is 17.0 Å². The Kier molecular flexibility index (Phi) is 7.28. The number of hydrogen-bond acceptors (Lipinski definition) is 8. The molecular formula is C27H37F2NO5S2. The Morgan fingerprint density at radius 2 is 2.08 bits per heavy atom. The quantitative estimate of drug-likeness (QED) is 0.237. The van der Waals surface area contributed by atoms with E-state index >= 15 is 8.78 Å². The molecule has 0 aromatic rings. The molecule has 10 heteroatoms. The van der Waals surface area contributed by atoms with Crippen molar-refractivity contribution in [3.05, 3.63) is 23.8 Å². The molecule has 0 amide bonds. The molecule has 0 unspecified atom stereocenters. The summed E-state index contributed by atoms with van der Waals surface area (Å²) in [6.07, 6.45) is 1.31. The van der Waals surface area contributed by atoms with E-state index in [1.54, 1.807) is 6.92 Å². The first-order chi connectivity index (χ1) is 17.5. The number of aliphatic hydroxyl groups is 1. The number of allylic oxidation sites excluding steroid dienone is 4. The summed E-state index contributed by atoms with van der Waals surface area (Å²) in [7, 11) is 1.37. The molecule has 1 heterocycles. The second kappa shape index (κ2) is 9.70. The van der Waals surface area contributed by atoms with Gasteiger partial charge in [-0.1, -0.05) is 37.1 Å². The van der Waals surface area contributed by atoms with Crippen LogP contribution in [0.5, 0.6) is 0 Å². The van der Waals surface area contributed by atoms with Crippen LogP contribution in [0.4, 0.5) is 8.78 Å². The van der Waals surface area contributed by atoms with Crippen LogP contribution in [-0.4, -0.2) is 71.5 Å². The molecule has 0 bridgehead atoms. The van der Waals surface area contributed by atoms with Gasteiger partial charge in [0.05, 0.1) is 18.8 Å². The summed E-state index contributed by atoms with van der Waals surface area (Å²) >= 11 is 4.14. The van der Waals surface area contributed by atoms with Crippen LogP contribution in [0.2, 0.25) is 0 Å². The van der Waals surface area contributed by atoms with Gasteiger partial charge in [-0.25, -0.2) is 8.78 Å². The first kappa shape index (κ1) is 27.8. The minimum absolute atomic E-state index is 0.0246. The van der Waals surface area contributed by atoms with Crippen LogP contribution in [0.3, 0.4) is 0 Å². The second-order valence-corrected chi connectivity index (χ2v) is 13.2. The van der Waals surface area contributed by atoms with Crippen LogP contribution in [0.1, 0.15) is 52.9 Å². The number of alkyl halides is 2. The summed E-state index contributed by atoms with van der Waals surface area (Å²) in [4.78, 5) is 26.0. The summed E-state index contributed by atoms with van der Waals surface area (Å²) in [5.74, 6) is -1.16. The van der Waals surface area contributed by atoms with Gasteiger partial charge < -0.3 is 19.9 Å². The summed E-state index contributed by atoms with van der Waals surface area (Å²) in [5.41, 5.74) is -5.88. The van der Waals surface area contributed by atoms with Crippen LogP contribution in [-0.2, 0) is 19.1 Å². The van der Waals surface area contributed by atoms with Crippen molar-refractivity contribution in [1.82, 2.24) is 5.32 Å². The zero-order chi connectivity index (χ0) is 26.8. The number of carbonyl (C=O) groups excluding carboxylic acids is 2. The van der Waals surface area contributed by atoms with Gasteiger partial charge in [0.15, 0.2) is 29.1 Å². The van der Waals surface area contributed by atoms with Gasteiger partial charge in [-0.2, -0.15) is 0 Å². The van der Waals surface area contributed by atoms with Gasteiger partial charge in [-0.15, -0.1) is 11.7 Å². The number of carbonyl (C=O) groups is 2. The number of hydrogen-bond donors (Lipinski definition) is 3. The molecule has 0 aromatic carbocycles. The van der Waals surface area contributed by atoms with Gasteiger partial charge in [-0.05, 0) is 56.3 Å². The Morgan fingerprint density at radius 3 is 2.78 bits per heavy atom. The summed E-state index contributed by atoms with van der Waals surface area (Å²) in [6, 6.07) is 0. The van der Waals surface area contributed by atoms with E-state index in [1.807, 2.05) is 13.8 Å². The van der Waals surface area contributed by atoms with E-state index in [0.717, 1.165) is 12.2 Å². The maximum absolute atomic E-state index is 17.4. The summed E-state index contributed by atoms with van der Waals surface area (Å²) < 4.78 is 45.9. The molecule has 1 saturated heterocycles. The van der Waals surface area contributed by atoms with Crippen molar-refractivity contribution < 1.29 is 33.0 Å². The molecule has 0 aromatic heterocycles. The third-order valence-electron chi connectivity index (χ3n) is 10.0. The average molecular weight is 558 g/mol. The normalized spacial score (nSPS) is 48.2. The maximum atomic E-state index is 17.4. The fourth-order valence-electron chi connectivity index (χ4n) is 8.34. The molecule has 5 aliphatic rings. The highest BCUT2D eigenvalue weighted by molar-refractivity contribution is 8.68. The van der Waals surface area contributed by atoms with E-state index in [-0.39, 0.29) is 36.5 Å². The first-order valence-corrected chi connectivity index (χ1v) is 15.3. The van der Waals surface area contributed by atoms with Gasteiger partial charge in [0.25, 0.3) is 0 Å². The number of aliphatic hydroxyl groups excluding tert-OH is 1. The number of nitrogens with one attached hydrogen (secondary N) is 1. The Labute approximate surface area is 226 Å². The lowest BCUT2D eigenvalue weighted by Crippen LogP contribution is -2.71. The number of thiol groups is 1. The van der Waals surface area contributed by atoms with Crippen molar-refractivity contribution in [3.8, 4) is 0 Å². The number of Topliss-reactive ketones (excluding diaryl/α,β-unsaturated/α-hetero) is 1. The van der Waals surface area contributed by atoms with E-state index < -0.39 is 58.6 Å². The van der Waals surface area contributed by atoms with Crippen LogP contribution in [0.25, 0.3) is 0 Å². The topological polar surface area (TPSA) is 84.9 Å². The van der Waals surface area contributed by atoms with Crippen LogP contribution in [0, 0.1) is 22.7 Å².